The molecule has 0 radical (unpaired) electrons. The van der Waals surface area contributed by atoms with Crippen molar-refractivity contribution >= 4 is 5.91 Å². The van der Waals surface area contributed by atoms with E-state index in [1.807, 2.05) is 11.0 Å². The van der Waals surface area contributed by atoms with E-state index in [-0.39, 0.29) is 11.7 Å². The van der Waals surface area contributed by atoms with Gasteiger partial charge in [-0.1, -0.05) is 12.1 Å². The van der Waals surface area contributed by atoms with Crippen LogP contribution in [-0.2, 0) is 11.2 Å². The lowest BCUT2D eigenvalue weighted by atomic mass is 10.1. The van der Waals surface area contributed by atoms with Crippen molar-refractivity contribution in [3.8, 4) is 0 Å². The molecule has 4 nitrogen and oxygen atoms in total. The van der Waals surface area contributed by atoms with Gasteiger partial charge in [-0.3, -0.25) is 14.6 Å². The van der Waals surface area contributed by atoms with Crippen LogP contribution >= 0.6 is 0 Å². The molecule has 0 saturated carbocycles. The lowest BCUT2D eigenvalue weighted by molar-refractivity contribution is -0.132. The molecule has 5 heteroatoms. The van der Waals surface area contributed by atoms with E-state index in [1.165, 1.54) is 25.0 Å². The Morgan fingerprint density at radius 1 is 1.08 bits per heavy atom. The molecular formula is C20H30FN3O. The summed E-state index contributed by atoms with van der Waals surface area (Å²) in [5.74, 6) is -0.174. The molecule has 2 aliphatic heterocycles. The number of hydrogen-bond donors (Lipinski definition) is 0. The summed E-state index contributed by atoms with van der Waals surface area (Å²) >= 11 is 0. The number of hydrogen-bond acceptors (Lipinski definition) is 3. The first-order valence-electron chi connectivity index (χ1n) is 9.53. The van der Waals surface area contributed by atoms with Crippen LogP contribution in [0, 0.1) is 5.82 Å². The van der Waals surface area contributed by atoms with Gasteiger partial charge >= 0.3 is 0 Å². The molecule has 2 aliphatic rings. The Labute approximate surface area is 150 Å². The summed E-state index contributed by atoms with van der Waals surface area (Å²) in [5, 5.41) is 0. The van der Waals surface area contributed by atoms with E-state index in [0.717, 1.165) is 44.8 Å². The zero-order valence-corrected chi connectivity index (χ0v) is 15.5. The number of halogens is 1. The maximum atomic E-state index is 13.2. The van der Waals surface area contributed by atoms with Gasteiger partial charge in [0.15, 0.2) is 0 Å². The summed E-state index contributed by atoms with van der Waals surface area (Å²) in [5.41, 5.74) is 0.754. The van der Waals surface area contributed by atoms with Gasteiger partial charge in [-0.25, -0.2) is 4.39 Å². The number of carbonyl (C=O) groups excluding carboxylic acids is 1. The molecule has 2 heterocycles. The average molecular weight is 347 g/mol. The Balaban J connectivity index is 1.41. The van der Waals surface area contributed by atoms with E-state index in [4.69, 9.17) is 0 Å². The second-order valence-corrected chi connectivity index (χ2v) is 7.54. The van der Waals surface area contributed by atoms with Crippen LogP contribution in [0.25, 0.3) is 0 Å². The lowest BCUT2D eigenvalue weighted by Gasteiger charge is -2.36. The third kappa shape index (κ3) is 4.79. The molecule has 138 valence electrons. The highest BCUT2D eigenvalue weighted by molar-refractivity contribution is 5.78. The quantitative estimate of drug-likeness (QED) is 0.818. The first-order chi connectivity index (χ1) is 12.0. The van der Waals surface area contributed by atoms with E-state index in [1.54, 1.807) is 6.07 Å². The minimum absolute atomic E-state index is 0.104. The number of amides is 1. The fourth-order valence-corrected chi connectivity index (χ4v) is 4.10. The van der Waals surface area contributed by atoms with E-state index >= 15 is 0 Å². The normalized spacial score (nSPS) is 25.5. The number of nitrogens with zero attached hydrogens (tertiary/aromatic N) is 3. The molecule has 0 N–H and O–H groups in total. The Morgan fingerprint density at radius 3 is 2.40 bits per heavy atom. The highest BCUT2D eigenvalue weighted by Crippen LogP contribution is 2.22. The number of piperazine rings is 1. The first kappa shape index (κ1) is 18.3. The molecule has 0 spiro atoms. The third-order valence-electron chi connectivity index (χ3n) is 5.78. The van der Waals surface area contributed by atoms with Crippen molar-refractivity contribution in [2.24, 2.45) is 0 Å². The topological polar surface area (TPSA) is 26.8 Å². The van der Waals surface area contributed by atoms with Crippen LogP contribution in [0.1, 0.15) is 32.3 Å². The fourth-order valence-electron chi connectivity index (χ4n) is 4.10. The summed E-state index contributed by atoms with van der Waals surface area (Å²) in [6, 6.07) is 7.74. The van der Waals surface area contributed by atoms with Crippen LogP contribution < -0.4 is 0 Å². The molecule has 1 aromatic rings. The number of carbonyl (C=O) groups is 1. The van der Waals surface area contributed by atoms with Crippen LogP contribution in [-0.4, -0.2) is 72.0 Å². The third-order valence-corrected chi connectivity index (χ3v) is 5.78. The molecule has 25 heavy (non-hydrogen) atoms. The monoisotopic (exact) mass is 347 g/mol. The molecule has 0 aliphatic carbocycles. The Kier molecular flexibility index (Phi) is 6.07. The molecule has 1 amide bonds. The highest BCUT2D eigenvalue weighted by Gasteiger charge is 2.28. The zero-order valence-electron chi connectivity index (χ0n) is 15.5. The van der Waals surface area contributed by atoms with Gasteiger partial charge in [-0.15, -0.1) is 0 Å². The van der Waals surface area contributed by atoms with Crippen molar-refractivity contribution in [1.82, 2.24) is 14.7 Å². The number of rotatable bonds is 5. The van der Waals surface area contributed by atoms with E-state index in [9.17, 15) is 9.18 Å². The van der Waals surface area contributed by atoms with Crippen molar-refractivity contribution in [1.29, 1.82) is 0 Å². The summed E-state index contributed by atoms with van der Waals surface area (Å²) in [6.45, 7) is 10.3. The second kappa shape index (κ2) is 8.28. The first-order valence-corrected chi connectivity index (χ1v) is 9.53. The van der Waals surface area contributed by atoms with Gasteiger partial charge in [0.2, 0.25) is 5.91 Å². The minimum atomic E-state index is -0.277. The Hall–Kier alpha value is -1.46. The number of likely N-dealkylation sites (tertiary alicyclic amines) is 1. The van der Waals surface area contributed by atoms with Gasteiger partial charge in [-0.05, 0) is 44.4 Å². The van der Waals surface area contributed by atoms with Gasteiger partial charge < -0.3 is 4.90 Å². The largest absolute Gasteiger partial charge is 0.340 e. The molecule has 0 bridgehead atoms. The van der Waals surface area contributed by atoms with Gasteiger partial charge in [0.1, 0.15) is 5.82 Å². The van der Waals surface area contributed by atoms with Crippen LogP contribution in [0.5, 0.6) is 0 Å². The average Bonchev–Trinajstić information content (AvgIpc) is 2.92. The van der Waals surface area contributed by atoms with Crippen molar-refractivity contribution in [3.05, 3.63) is 35.6 Å². The van der Waals surface area contributed by atoms with Gasteiger partial charge in [0.05, 0.1) is 6.42 Å². The summed E-state index contributed by atoms with van der Waals surface area (Å²) in [6.07, 6.45) is 2.91. The van der Waals surface area contributed by atoms with E-state index in [2.05, 4.69) is 23.6 Å². The SMILES string of the molecule is C[C@@H]1CC[C@@H](C)N1CCN1CCN(C(=O)Cc2cccc(F)c2)CC1. The van der Waals surface area contributed by atoms with Crippen LogP contribution in [0.3, 0.4) is 0 Å². The fraction of sp³-hybridized carbons (Fsp3) is 0.650. The molecular weight excluding hydrogens is 317 g/mol. The molecule has 2 saturated heterocycles. The van der Waals surface area contributed by atoms with E-state index in [0.29, 0.717) is 18.5 Å². The van der Waals surface area contributed by atoms with Crippen molar-refractivity contribution in [2.45, 2.75) is 45.2 Å². The van der Waals surface area contributed by atoms with Crippen LogP contribution in [0.15, 0.2) is 24.3 Å². The smallest absolute Gasteiger partial charge is 0.227 e. The van der Waals surface area contributed by atoms with Crippen molar-refractivity contribution < 1.29 is 9.18 Å². The van der Waals surface area contributed by atoms with Crippen molar-refractivity contribution in [3.63, 3.8) is 0 Å². The predicted molar refractivity (Wildman–Crippen MR) is 98.0 cm³/mol. The standard InChI is InChI=1S/C20H30FN3O/c1-16-6-7-17(2)24(16)13-10-22-8-11-23(12-9-22)20(25)15-18-4-3-5-19(21)14-18/h3-5,14,16-17H,6-13,15H2,1-2H3/t16-,17-/m1/s1. The summed E-state index contributed by atoms with van der Waals surface area (Å²) in [7, 11) is 0. The number of benzene rings is 1. The Bertz CT molecular complexity index is 576. The van der Waals surface area contributed by atoms with Gasteiger partial charge in [0, 0.05) is 51.4 Å². The maximum Gasteiger partial charge on any atom is 0.227 e. The van der Waals surface area contributed by atoms with Gasteiger partial charge in [0.25, 0.3) is 0 Å². The van der Waals surface area contributed by atoms with Crippen molar-refractivity contribution in [2.75, 3.05) is 39.3 Å². The van der Waals surface area contributed by atoms with Crippen LogP contribution in [0.2, 0.25) is 0 Å². The Morgan fingerprint density at radius 2 is 1.76 bits per heavy atom. The molecule has 0 aromatic heterocycles. The molecule has 0 unspecified atom stereocenters. The molecule has 2 fully saturated rings. The summed E-state index contributed by atoms with van der Waals surface area (Å²) < 4.78 is 13.2. The van der Waals surface area contributed by atoms with E-state index < -0.39 is 0 Å². The lowest BCUT2D eigenvalue weighted by Crippen LogP contribution is -2.51. The maximum absolute atomic E-state index is 13.2. The predicted octanol–water partition coefficient (Wildman–Crippen LogP) is 2.39. The minimum Gasteiger partial charge on any atom is -0.340 e. The molecule has 1 aromatic carbocycles. The van der Waals surface area contributed by atoms with Gasteiger partial charge in [-0.2, -0.15) is 0 Å². The van der Waals surface area contributed by atoms with Crippen LogP contribution in [0.4, 0.5) is 4.39 Å². The zero-order chi connectivity index (χ0) is 17.8. The summed E-state index contributed by atoms with van der Waals surface area (Å²) in [4.78, 5) is 19.4. The molecule has 3 rings (SSSR count). The second-order valence-electron chi connectivity index (χ2n) is 7.54. The highest BCUT2D eigenvalue weighted by atomic mass is 19.1. The molecule has 2 atom stereocenters.